The van der Waals surface area contributed by atoms with Crippen LogP contribution in [0.3, 0.4) is 0 Å². The molecule has 8 heteroatoms. The number of carbonyl (C=O) groups excluding carboxylic acids is 2. The van der Waals surface area contributed by atoms with Crippen molar-refractivity contribution in [3.63, 3.8) is 0 Å². The molecular weight excluding hydrogens is 348 g/mol. The van der Waals surface area contributed by atoms with Gasteiger partial charge in [-0.15, -0.1) is 0 Å². The maximum absolute atomic E-state index is 12.4. The second kappa shape index (κ2) is 6.00. The minimum Gasteiger partial charge on any atom is -0.508 e. The lowest BCUT2D eigenvalue weighted by molar-refractivity contribution is -0.150. The number of carbonyl (C=O) groups is 3. The highest BCUT2D eigenvalue weighted by Crippen LogP contribution is 2.50. The van der Waals surface area contributed by atoms with Crippen LogP contribution in [0.25, 0.3) is 0 Å². The second-order valence-electron chi connectivity index (χ2n) is 7.06. The van der Waals surface area contributed by atoms with Gasteiger partial charge in [-0.05, 0) is 30.5 Å². The molecular formula is C17H19ClN2O5. The Morgan fingerprint density at radius 1 is 1.32 bits per heavy atom. The molecule has 0 bridgehead atoms. The standard InChI is InChI=1S/C17H19ClN2O5/c1-7(2)6-17(16(24)25)12-11(14(22)19-15(12)23)13(20-17)9-5-8(18)3-4-10(9)21/h3-5,7,11-13,20-21H,6H2,1-2H3,(H,24,25)(H,19,22,23). The molecule has 4 atom stereocenters. The fourth-order valence-corrected chi connectivity index (χ4v) is 4.27. The third-order valence-electron chi connectivity index (χ3n) is 4.93. The summed E-state index contributed by atoms with van der Waals surface area (Å²) < 4.78 is 0. The summed E-state index contributed by atoms with van der Waals surface area (Å²) in [5.41, 5.74) is -1.28. The first-order chi connectivity index (χ1) is 11.7. The number of imide groups is 1. The molecule has 0 radical (unpaired) electrons. The molecule has 0 aliphatic carbocycles. The van der Waals surface area contributed by atoms with E-state index in [0.717, 1.165) is 0 Å². The first-order valence-electron chi connectivity index (χ1n) is 8.01. The second-order valence-corrected chi connectivity index (χ2v) is 7.49. The van der Waals surface area contributed by atoms with Crippen molar-refractivity contribution in [2.45, 2.75) is 31.8 Å². The van der Waals surface area contributed by atoms with Crippen LogP contribution >= 0.6 is 11.6 Å². The summed E-state index contributed by atoms with van der Waals surface area (Å²) in [7, 11) is 0. The summed E-state index contributed by atoms with van der Waals surface area (Å²) in [6.07, 6.45) is 0.169. The lowest BCUT2D eigenvalue weighted by Gasteiger charge is -2.31. The summed E-state index contributed by atoms with van der Waals surface area (Å²) in [6.45, 7) is 3.69. The number of halogens is 1. The Labute approximate surface area is 149 Å². The van der Waals surface area contributed by atoms with Gasteiger partial charge in [-0.2, -0.15) is 0 Å². The van der Waals surface area contributed by atoms with Crippen LogP contribution < -0.4 is 10.6 Å². The van der Waals surface area contributed by atoms with Crippen molar-refractivity contribution in [3.8, 4) is 5.75 Å². The highest BCUT2D eigenvalue weighted by atomic mass is 35.5. The first-order valence-corrected chi connectivity index (χ1v) is 8.39. The van der Waals surface area contributed by atoms with E-state index in [4.69, 9.17) is 11.6 Å². The highest BCUT2D eigenvalue weighted by Gasteiger charge is 2.66. The minimum atomic E-state index is -1.59. The molecule has 2 amide bonds. The molecule has 7 nitrogen and oxygen atoms in total. The molecule has 2 aliphatic heterocycles. The zero-order chi connectivity index (χ0) is 18.5. The normalized spacial score (nSPS) is 31.3. The van der Waals surface area contributed by atoms with Crippen LogP contribution in [0.1, 0.15) is 31.9 Å². The van der Waals surface area contributed by atoms with Gasteiger partial charge >= 0.3 is 5.97 Å². The number of aromatic hydroxyl groups is 1. The molecule has 2 saturated heterocycles. The summed E-state index contributed by atoms with van der Waals surface area (Å²) in [6, 6.07) is 3.52. The van der Waals surface area contributed by atoms with E-state index in [-0.39, 0.29) is 18.1 Å². The van der Waals surface area contributed by atoms with Gasteiger partial charge in [0.05, 0.1) is 11.8 Å². The zero-order valence-corrected chi connectivity index (χ0v) is 14.5. The molecule has 2 heterocycles. The first kappa shape index (κ1) is 17.7. The number of fused-ring (bicyclic) bond motifs is 1. The molecule has 0 spiro atoms. The average Bonchev–Trinajstić information content (AvgIpc) is 2.99. The van der Waals surface area contributed by atoms with Crippen molar-refractivity contribution < 1.29 is 24.6 Å². The Morgan fingerprint density at radius 3 is 2.60 bits per heavy atom. The van der Waals surface area contributed by atoms with Crippen LogP contribution in [-0.4, -0.2) is 33.5 Å². The monoisotopic (exact) mass is 366 g/mol. The predicted octanol–water partition coefficient (Wildman–Crippen LogP) is 1.45. The molecule has 2 aliphatic rings. The van der Waals surface area contributed by atoms with E-state index in [0.29, 0.717) is 10.6 Å². The Bertz CT molecular complexity index is 765. The third kappa shape index (κ3) is 2.67. The summed E-state index contributed by atoms with van der Waals surface area (Å²) in [5, 5.41) is 25.7. The minimum absolute atomic E-state index is 0.0283. The zero-order valence-electron chi connectivity index (χ0n) is 13.7. The Hall–Kier alpha value is -2.12. The number of rotatable bonds is 4. The van der Waals surface area contributed by atoms with Gasteiger partial charge in [-0.25, -0.2) is 0 Å². The number of hydrogen-bond acceptors (Lipinski definition) is 5. The van der Waals surface area contributed by atoms with Crippen molar-refractivity contribution in [3.05, 3.63) is 28.8 Å². The van der Waals surface area contributed by atoms with Crippen molar-refractivity contribution in [2.75, 3.05) is 0 Å². The Kier molecular flexibility index (Phi) is 4.25. The summed E-state index contributed by atoms with van der Waals surface area (Å²) >= 11 is 6.00. The number of aliphatic carboxylic acids is 1. The van der Waals surface area contributed by atoms with Crippen molar-refractivity contribution >= 4 is 29.4 Å². The van der Waals surface area contributed by atoms with E-state index in [1.165, 1.54) is 18.2 Å². The molecule has 0 saturated carbocycles. The highest BCUT2D eigenvalue weighted by molar-refractivity contribution is 6.30. The SMILES string of the molecule is CC(C)CC1(C(=O)O)NC(c2cc(Cl)ccc2O)C2C(=O)NC(=O)C21. The average molecular weight is 367 g/mol. The van der Waals surface area contributed by atoms with Gasteiger partial charge in [-0.3, -0.25) is 25.0 Å². The van der Waals surface area contributed by atoms with E-state index < -0.39 is 41.2 Å². The number of phenols is 1. The van der Waals surface area contributed by atoms with E-state index >= 15 is 0 Å². The largest absolute Gasteiger partial charge is 0.508 e. The van der Waals surface area contributed by atoms with Gasteiger partial charge in [0, 0.05) is 16.6 Å². The summed E-state index contributed by atoms with van der Waals surface area (Å²) in [5.74, 6) is -4.45. The molecule has 25 heavy (non-hydrogen) atoms. The molecule has 4 unspecified atom stereocenters. The van der Waals surface area contributed by atoms with Crippen LogP contribution in [0.4, 0.5) is 0 Å². The lowest BCUT2D eigenvalue weighted by Crippen LogP contribution is -2.56. The van der Waals surface area contributed by atoms with Crippen molar-refractivity contribution in [2.24, 2.45) is 17.8 Å². The number of hydrogen-bond donors (Lipinski definition) is 4. The molecule has 3 rings (SSSR count). The van der Waals surface area contributed by atoms with Crippen LogP contribution in [0.5, 0.6) is 5.75 Å². The number of amides is 2. The molecule has 2 fully saturated rings. The quantitative estimate of drug-likeness (QED) is 0.599. The fourth-order valence-electron chi connectivity index (χ4n) is 4.09. The number of carboxylic acid groups (broad SMARTS) is 1. The predicted molar refractivity (Wildman–Crippen MR) is 88.9 cm³/mol. The van der Waals surface area contributed by atoms with Gasteiger partial charge in [0.1, 0.15) is 11.3 Å². The number of phenolic OH excluding ortho intramolecular Hbond substituents is 1. The van der Waals surface area contributed by atoms with E-state index in [9.17, 15) is 24.6 Å². The molecule has 1 aromatic rings. The number of carboxylic acids is 1. The Balaban J connectivity index is 2.16. The topological polar surface area (TPSA) is 116 Å². The van der Waals surface area contributed by atoms with Gasteiger partial charge in [-0.1, -0.05) is 25.4 Å². The maximum Gasteiger partial charge on any atom is 0.324 e. The van der Waals surface area contributed by atoms with Crippen LogP contribution in [0.15, 0.2) is 18.2 Å². The van der Waals surface area contributed by atoms with Crippen molar-refractivity contribution in [1.82, 2.24) is 10.6 Å². The third-order valence-corrected chi connectivity index (χ3v) is 5.17. The molecule has 0 aromatic heterocycles. The lowest BCUT2D eigenvalue weighted by atomic mass is 9.75. The molecule has 134 valence electrons. The van der Waals surface area contributed by atoms with Crippen LogP contribution in [-0.2, 0) is 14.4 Å². The fraction of sp³-hybridized carbons (Fsp3) is 0.471. The molecule has 1 aromatic carbocycles. The van der Waals surface area contributed by atoms with Gasteiger partial charge in [0.15, 0.2) is 0 Å². The smallest absolute Gasteiger partial charge is 0.324 e. The Morgan fingerprint density at radius 2 is 2.00 bits per heavy atom. The van der Waals surface area contributed by atoms with Crippen molar-refractivity contribution in [1.29, 1.82) is 0 Å². The van der Waals surface area contributed by atoms with Gasteiger partial charge in [0.25, 0.3) is 0 Å². The number of nitrogens with one attached hydrogen (secondary N) is 2. The van der Waals surface area contributed by atoms with Gasteiger partial charge < -0.3 is 10.2 Å². The van der Waals surface area contributed by atoms with E-state index in [2.05, 4.69) is 10.6 Å². The van der Waals surface area contributed by atoms with E-state index in [1.54, 1.807) is 0 Å². The van der Waals surface area contributed by atoms with Crippen LogP contribution in [0, 0.1) is 17.8 Å². The number of benzene rings is 1. The van der Waals surface area contributed by atoms with Gasteiger partial charge in [0.2, 0.25) is 11.8 Å². The molecule has 4 N–H and O–H groups in total. The van der Waals surface area contributed by atoms with Crippen LogP contribution in [0.2, 0.25) is 5.02 Å². The van der Waals surface area contributed by atoms with E-state index in [1.807, 2.05) is 13.8 Å². The maximum atomic E-state index is 12.4. The summed E-state index contributed by atoms with van der Waals surface area (Å²) in [4.78, 5) is 36.9.